The Morgan fingerprint density at radius 2 is 1.67 bits per heavy atom. The molecule has 0 amide bonds. The average molecular weight is 318 g/mol. The minimum atomic E-state index is 0.837. The van der Waals surface area contributed by atoms with Crippen LogP contribution in [0.15, 0.2) is 54.6 Å². The fraction of sp³-hybridized carbons (Fsp3) is 0.158. The van der Waals surface area contributed by atoms with E-state index in [4.69, 9.17) is 9.72 Å². The average Bonchev–Trinajstić information content (AvgIpc) is 3.14. The van der Waals surface area contributed by atoms with Gasteiger partial charge in [-0.25, -0.2) is 9.67 Å². The lowest BCUT2D eigenvalue weighted by atomic mass is 10.2. The number of benzene rings is 2. The highest BCUT2D eigenvalue weighted by molar-refractivity contribution is 5.81. The van der Waals surface area contributed by atoms with Gasteiger partial charge >= 0.3 is 0 Å². The SMILES string of the molecule is COc1ccc(-c2nc3c(c(C)nn3-c3ccccc3)n2C)cc1. The Morgan fingerprint density at radius 3 is 2.33 bits per heavy atom. The van der Waals surface area contributed by atoms with Crippen LogP contribution in [0.5, 0.6) is 5.75 Å². The minimum absolute atomic E-state index is 0.837. The Kier molecular flexibility index (Phi) is 3.34. The second-order valence-electron chi connectivity index (χ2n) is 5.73. The van der Waals surface area contributed by atoms with Crippen LogP contribution in [-0.2, 0) is 7.05 Å². The summed E-state index contributed by atoms with van der Waals surface area (Å²) in [6, 6.07) is 18.0. The molecule has 4 rings (SSSR count). The first-order chi connectivity index (χ1) is 11.7. The quantitative estimate of drug-likeness (QED) is 0.578. The van der Waals surface area contributed by atoms with Crippen molar-refractivity contribution in [1.29, 1.82) is 0 Å². The molecule has 0 N–H and O–H groups in total. The third kappa shape index (κ3) is 2.17. The molecule has 120 valence electrons. The number of aromatic nitrogens is 4. The predicted molar refractivity (Wildman–Crippen MR) is 94.6 cm³/mol. The topological polar surface area (TPSA) is 44.9 Å². The van der Waals surface area contributed by atoms with E-state index in [1.165, 1.54) is 0 Å². The molecule has 0 saturated carbocycles. The lowest BCUT2D eigenvalue weighted by molar-refractivity contribution is 0.415. The fourth-order valence-corrected chi connectivity index (χ4v) is 3.03. The van der Waals surface area contributed by atoms with Crippen molar-refractivity contribution in [2.75, 3.05) is 7.11 Å². The molecule has 2 aromatic carbocycles. The second kappa shape index (κ2) is 5.53. The molecular weight excluding hydrogens is 300 g/mol. The van der Waals surface area contributed by atoms with Crippen LogP contribution in [0, 0.1) is 6.92 Å². The number of hydrogen-bond acceptors (Lipinski definition) is 3. The van der Waals surface area contributed by atoms with Gasteiger partial charge in [-0.2, -0.15) is 5.10 Å². The number of aryl methyl sites for hydroxylation is 2. The number of rotatable bonds is 3. The summed E-state index contributed by atoms with van der Waals surface area (Å²) in [6.07, 6.45) is 0. The molecule has 5 heteroatoms. The smallest absolute Gasteiger partial charge is 0.182 e. The maximum absolute atomic E-state index is 5.23. The van der Waals surface area contributed by atoms with Crippen molar-refractivity contribution in [3.05, 3.63) is 60.3 Å². The Balaban J connectivity index is 1.91. The molecule has 2 heterocycles. The van der Waals surface area contributed by atoms with Crippen molar-refractivity contribution < 1.29 is 4.74 Å². The second-order valence-corrected chi connectivity index (χ2v) is 5.73. The van der Waals surface area contributed by atoms with Crippen LogP contribution in [0.3, 0.4) is 0 Å². The van der Waals surface area contributed by atoms with Crippen LogP contribution in [0.4, 0.5) is 0 Å². The van der Waals surface area contributed by atoms with E-state index in [1.807, 2.05) is 73.3 Å². The molecule has 5 nitrogen and oxygen atoms in total. The molecule has 0 atom stereocenters. The summed E-state index contributed by atoms with van der Waals surface area (Å²) in [5.74, 6) is 1.75. The molecule has 0 aliphatic carbocycles. The summed E-state index contributed by atoms with van der Waals surface area (Å²) >= 11 is 0. The van der Waals surface area contributed by atoms with Gasteiger partial charge in [0.25, 0.3) is 0 Å². The lowest BCUT2D eigenvalue weighted by Crippen LogP contribution is -1.98. The van der Waals surface area contributed by atoms with E-state index < -0.39 is 0 Å². The van der Waals surface area contributed by atoms with Crippen molar-refractivity contribution in [2.24, 2.45) is 7.05 Å². The van der Waals surface area contributed by atoms with Crippen LogP contribution in [0.1, 0.15) is 5.69 Å². The van der Waals surface area contributed by atoms with Gasteiger partial charge in [-0.15, -0.1) is 0 Å². The Labute approximate surface area is 140 Å². The highest BCUT2D eigenvalue weighted by Crippen LogP contribution is 2.28. The number of ether oxygens (including phenoxy) is 1. The summed E-state index contributed by atoms with van der Waals surface area (Å²) in [4.78, 5) is 4.86. The van der Waals surface area contributed by atoms with Gasteiger partial charge in [0, 0.05) is 12.6 Å². The molecule has 4 aromatic rings. The number of imidazole rings is 1. The predicted octanol–water partition coefficient (Wildman–Crippen LogP) is 3.74. The van der Waals surface area contributed by atoms with Gasteiger partial charge in [-0.1, -0.05) is 18.2 Å². The normalized spacial score (nSPS) is 11.1. The van der Waals surface area contributed by atoms with Crippen molar-refractivity contribution in [2.45, 2.75) is 6.92 Å². The minimum Gasteiger partial charge on any atom is -0.497 e. The molecular formula is C19H18N4O. The van der Waals surface area contributed by atoms with E-state index >= 15 is 0 Å². The molecule has 0 saturated heterocycles. The van der Waals surface area contributed by atoms with Gasteiger partial charge < -0.3 is 9.30 Å². The van der Waals surface area contributed by atoms with Crippen LogP contribution < -0.4 is 4.74 Å². The van der Waals surface area contributed by atoms with Crippen molar-refractivity contribution >= 4 is 11.2 Å². The fourth-order valence-electron chi connectivity index (χ4n) is 3.03. The number of nitrogens with zero attached hydrogens (tertiary/aromatic N) is 4. The maximum Gasteiger partial charge on any atom is 0.182 e. The van der Waals surface area contributed by atoms with E-state index in [0.717, 1.165) is 39.7 Å². The van der Waals surface area contributed by atoms with E-state index in [1.54, 1.807) is 7.11 Å². The summed E-state index contributed by atoms with van der Waals surface area (Å²) in [5.41, 5.74) is 4.93. The zero-order chi connectivity index (χ0) is 16.7. The van der Waals surface area contributed by atoms with Crippen molar-refractivity contribution in [1.82, 2.24) is 19.3 Å². The van der Waals surface area contributed by atoms with E-state index in [0.29, 0.717) is 0 Å². The van der Waals surface area contributed by atoms with Crippen LogP contribution in [0.25, 0.3) is 28.2 Å². The van der Waals surface area contributed by atoms with Gasteiger partial charge in [0.1, 0.15) is 17.1 Å². The largest absolute Gasteiger partial charge is 0.497 e. The zero-order valence-electron chi connectivity index (χ0n) is 13.9. The van der Waals surface area contributed by atoms with Gasteiger partial charge in [-0.05, 0) is 43.3 Å². The summed E-state index contributed by atoms with van der Waals surface area (Å²) < 4.78 is 9.23. The Hall–Kier alpha value is -3.08. The van der Waals surface area contributed by atoms with Crippen LogP contribution >= 0.6 is 0 Å². The lowest BCUT2D eigenvalue weighted by Gasteiger charge is -2.04. The highest BCUT2D eigenvalue weighted by Gasteiger charge is 2.18. The monoisotopic (exact) mass is 318 g/mol. The molecule has 2 aromatic heterocycles. The molecule has 0 aliphatic heterocycles. The van der Waals surface area contributed by atoms with Crippen molar-refractivity contribution in [3.63, 3.8) is 0 Å². The number of para-hydroxylation sites is 1. The van der Waals surface area contributed by atoms with Gasteiger partial charge in [0.15, 0.2) is 5.65 Å². The molecule has 24 heavy (non-hydrogen) atoms. The molecule has 0 fully saturated rings. The van der Waals surface area contributed by atoms with Gasteiger partial charge in [0.05, 0.1) is 18.5 Å². The van der Waals surface area contributed by atoms with Crippen LogP contribution in [0.2, 0.25) is 0 Å². The van der Waals surface area contributed by atoms with Crippen molar-refractivity contribution in [3.8, 4) is 22.8 Å². The Morgan fingerprint density at radius 1 is 0.958 bits per heavy atom. The molecule has 0 bridgehead atoms. The standard InChI is InChI=1S/C19H18N4O/c1-13-17-19(23(21-13)15-7-5-4-6-8-15)20-18(22(17)2)14-9-11-16(24-3)12-10-14/h4-12H,1-3H3. The van der Waals surface area contributed by atoms with E-state index in [2.05, 4.69) is 9.67 Å². The summed E-state index contributed by atoms with van der Waals surface area (Å²) in [7, 11) is 3.70. The zero-order valence-corrected chi connectivity index (χ0v) is 13.9. The third-order valence-corrected chi connectivity index (χ3v) is 4.22. The number of methoxy groups -OCH3 is 1. The Bertz CT molecular complexity index is 997. The first-order valence-corrected chi connectivity index (χ1v) is 7.81. The molecule has 0 radical (unpaired) electrons. The third-order valence-electron chi connectivity index (χ3n) is 4.22. The first kappa shape index (κ1) is 14.5. The van der Waals surface area contributed by atoms with Crippen LogP contribution in [-0.4, -0.2) is 26.4 Å². The summed E-state index contributed by atoms with van der Waals surface area (Å²) in [5, 5.41) is 4.66. The number of hydrogen-bond donors (Lipinski definition) is 0. The first-order valence-electron chi connectivity index (χ1n) is 7.81. The van der Waals surface area contributed by atoms with E-state index in [-0.39, 0.29) is 0 Å². The number of fused-ring (bicyclic) bond motifs is 1. The summed E-state index contributed by atoms with van der Waals surface area (Å²) in [6.45, 7) is 2.02. The molecule has 0 aliphatic rings. The maximum atomic E-state index is 5.23. The van der Waals surface area contributed by atoms with Gasteiger partial charge in [0.2, 0.25) is 0 Å². The molecule has 0 unspecified atom stereocenters. The van der Waals surface area contributed by atoms with Gasteiger partial charge in [-0.3, -0.25) is 0 Å². The van der Waals surface area contributed by atoms with E-state index in [9.17, 15) is 0 Å². The highest BCUT2D eigenvalue weighted by atomic mass is 16.5. The molecule has 0 spiro atoms.